The van der Waals surface area contributed by atoms with E-state index in [9.17, 15) is 4.79 Å². The lowest BCUT2D eigenvalue weighted by Gasteiger charge is -2.08. The number of carbonyl (C=O) groups excluding carboxylic acids is 1. The van der Waals surface area contributed by atoms with Crippen molar-refractivity contribution in [2.24, 2.45) is 0 Å². The second-order valence-corrected chi connectivity index (χ2v) is 7.50. The number of rotatable bonds is 8. The summed E-state index contributed by atoms with van der Waals surface area (Å²) in [7, 11) is 3.14. The van der Waals surface area contributed by atoms with Gasteiger partial charge in [-0.1, -0.05) is 22.8 Å². The van der Waals surface area contributed by atoms with E-state index in [0.29, 0.717) is 39.7 Å². The van der Waals surface area contributed by atoms with Crippen molar-refractivity contribution in [1.29, 1.82) is 0 Å². The van der Waals surface area contributed by atoms with Gasteiger partial charge in [-0.05, 0) is 42.8 Å². The van der Waals surface area contributed by atoms with Crippen molar-refractivity contribution in [3.8, 4) is 22.9 Å². The molecule has 0 saturated carbocycles. The van der Waals surface area contributed by atoms with Gasteiger partial charge in [0.1, 0.15) is 0 Å². The Morgan fingerprint density at radius 2 is 1.97 bits per heavy atom. The molecule has 29 heavy (non-hydrogen) atoms. The Labute approximate surface area is 177 Å². The second-order valence-electron chi connectivity index (χ2n) is 6.08. The highest BCUT2D eigenvalue weighted by Crippen LogP contribution is 2.31. The number of nitrogens with zero attached hydrogens (tertiary/aromatic N) is 2. The van der Waals surface area contributed by atoms with Gasteiger partial charge in [0.15, 0.2) is 11.5 Å². The molecule has 1 amide bonds. The maximum Gasteiger partial charge on any atom is 0.236 e. The predicted molar refractivity (Wildman–Crippen MR) is 114 cm³/mol. The molecule has 0 radical (unpaired) electrons. The third-order valence-corrected chi connectivity index (χ3v) is 5.19. The lowest BCUT2D eigenvalue weighted by Crippen LogP contribution is -2.15. The fraction of sp³-hybridized carbons (Fsp3) is 0.250. The van der Waals surface area contributed by atoms with Gasteiger partial charge in [0.25, 0.3) is 0 Å². The van der Waals surface area contributed by atoms with Gasteiger partial charge in [-0.2, -0.15) is 4.98 Å². The normalized spacial score (nSPS) is 10.6. The van der Waals surface area contributed by atoms with Crippen molar-refractivity contribution in [2.75, 3.05) is 25.3 Å². The van der Waals surface area contributed by atoms with E-state index in [0.717, 1.165) is 11.1 Å². The van der Waals surface area contributed by atoms with Crippen LogP contribution in [-0.4, -0.2) is 36.0 Å². The molecule has 7 nitrogen and oxygen atoms in total. The molecule has 0 aliphatic rings. The van der Waals surface area contributed by atoms with Crippen LogP contribution in [0.15, 0.2) is 40.9 Å². The molecule has 0 atom stereocenters. The molecule has 0 aliphatic carbocycles. The molecule has 3 rings (SSSR count). The Bertz CT molecular complexity index is 1010. The van der Waals surface area contributed by atoms with Gasteiger partial charge in [0.05, 0.1) is 25.7 Å². The molecule has 0 saturated heterocycles. The lowest BCUT2D eigenvalue weighted by molar-refractivity contribution is -0.113. The van der Waals surface area contributed by atoms with Crippen LogP contribution in [0.1, 0.15) is 11.5 Å². The van der Waals surface area contributed by atoms with Crippen LogP contribution in [0.4, 0.5) is 5.69 Å². The zero-order valence-electron chi connectivity index (χ0n) is 16.2. The SMILES string of the molecule is COc1ccc(-c2noc(CSCC(=O)Nc3cc(Cl)ccc3C)n2)cc1OC. The maximum absolute atomic E-state index is 12.2. The number of methoxy groups -OCH3 is 2. The van der Waals surface area contributed by atoms with Crippen LogP contribution in [-0.2, 0) is 10.5 Å². The molecule has 0 unspecified atom stereocenters. The number of thioether (sulfide) groups is 1. The molecule has 0 bridgehead atoms. The number of amides is 1. The predicted octanol–water partition coefficient (Wildman–Crippen LogP) is 4.59. The van der Waals surface area contributed by atoms with Gasteiger partial charge >= 0.3 is 0 Å². The van der Waals surface area contributed by atoms with E-state index in [-0.39, 0.29) is 11.7 Å². The first-order valence-corrected chi connectivity index (χ1v) is 10.2. The Morgan fingerprint density at radius 1 is 1.17 bits per heavy atom. The number of carbonyl (C=O) groups is 1. The second kappa shape index (κ2) is 9.67. The molecule has 3 aromatic rings. The van der Waals surface area contributed by atoms with Gasteiger partial charge in [-0.3, -0.25) is 4.79 Å². The van der Waals surface area contributed by atoms with Gasteiger partial charge < -0.3 is 19.3 Å². The van der Waals surface area contributed by atoms with Crippen LogP contribution in [0.25, 0.3) is 11.4 Å². The monoisotopic (exact) mass is 433 g/mol. The van der Waals surface area contributed by atoms with Gasteiger partial charge in [0, 0.05) is 16.3 Å². The Balaban J connectivity index is 1.55. The highest BCUT2D eigenvalue weighted by atomic mass is 35.5. The average Bonchev–Trinajstić information content (AvgIpc) is 3.19. The number of nitrogens with one attached hydrogen (secondary N) is 1. The molecule has 0 spiro atoms. The lowest BCUT2D eigenvalue weighted by atomic mass is 10.2. The number of aryl methyl sites for hydroxylation is 1. The summed E-state index contributed by atoms with van der Waals surface area (Å²) in [5.74, 6) is 2.63. The largest absolute Gasteiger partial charge is 0.493 e. The summed E-state index contributed by atoms with van der Waals surface area (Å²) in [5.41, 5.74) is 2.40. The van der Waals surface area contributed by atoms with E-state index in [1.807, 2.05) is 19.1 Å². The topological polar surface area (TPSA) is 86.5 Å². The minimum Gasteiger partial charge on any atom is -0.493 e. The highest BCUT2D eigenvalue weighted by molar-refractivity contribution is 7.99. The third-order valence-electron chi connectivity index (χ3n) is 4.04. The number of benzene rings is 2. The minimum absolute atomic E-state index is 0.125. The number of hydrogen-bond donors (Lipinski definition) is 1. The van der Waals surface area contributed by atoms with Crippen LogP contribution in [0, 0.1) is 6.92 Å². The van der Waals surface area contributed by atoms with E-state index < -0.39 is 0 Å². The first kappa shape index (κ1) is 21.0. The smallest absolute Gasteiger partial charge is 0.236 e. The maximum atomic E-state index is 12.2. The summed E-state index contributed by atoms with van der Waals surface area (Å²) >= 11 is 7.35. The fourth-order valence-electron chi connectivity index (χ4n) is 2.55. The van der Waals surface area contributed by atoms with Crippen LogP contribution < -0.4 is 14.8 Å². The van der Waals surface area contributed by atoms with Crippen molar-refractivity contribution in [3.05, 3.63) is 52.9 Å². The summed E-state index contributed by atoms with van der Waals surface area (Å²) in [4.78, 5) is 16.5. The van der Waals surface area contributed by atoms with Gasteiger partial charge in [-0.15, -0.1) is 11.8 Å². The Hall–Kier alpha value is -2.71. The van der Waals surface area contributed by atoms with Crippen LogP contribution in [0.3, 0.4) is 0 Å². The zero-order valence-corrected chi connectivity index (χ0v) is 17.8. The van der Waals surface area contributed by atoms with Gasteiger partial charge in [-0.25, -0.2) is 0 Å². The molecule has 1 heterocycles. The number of aromatic nitrogens is 2. The summed E-state index contributed by atoms with van der Waals surface area (Å²) in [6.45, 7) is 1.91. The standard InChI is InChI=1S/C20H20ClN3O4S/c1-12-4-6-14(21)9-15(12)22-18(25)10-29-11-19-23-20(24-28-19)13-5-7-16(26-2)17(8-13)27-3/h4-9H,10-11H2,1-3H3,(H,22,25). The zero-order chi connectivity index (χ0) is 20.8. The van der Waals surface area contributed by atoms with Crippen LogP contribution in [0.2, 0.25) is 5.02 Å². The van der Waals surface area contributed by atoms with Crippen molar-refractivity contribution in [3.63, 3.8) is 0 Å². The minimum atomic E-state index is -0.125. The van der Waals surface area contributed by atoms with E-state index in [1.165, 1.54) is 11.8 Å². The molecule has 1 aromatic heterocycles. The number of ether oxygens (including phenoxy) is 2. The summed E-state index contributed by atoms with van der Waals surface area (Å²) in [6, 6.07) is 10.8. The number of anilines is 1. The van der Waals surface area contributed by atoms with Crippen molar-refractivity contribution in [1.82, 2.24) is 10.1 Å². The molecular formula is C20H20ClN3O4S. The third kappa shape index (κ3) is 5.42. The summed E-state index contributed by atoms with van der Waals surface area (Å²) in [6.07, 6.45) is 0. The van der Waals surface area contributed by atoms with E-state index in [2.05, 4.69) is 15.5 Å². The van der Waals surface area contributed by atoms with Crippen LogP contribution >= 0.6 is 23.4 Å². The van der Waals surface area contributed by atoms with E-state index in [1.54, 1.807) is 38.5 Å². The molecule has 0 aliphatic heterocycles. The van der Waals surface area contributed by atoms with E-state index >= 15 is 0 Å². The average molecular weight is 434 g/mol. The summed E-state index contributed by atoms with van der Waals surface area (Å²) in [5, 5.41) is 7.42. The first-order valence-electron chi connectivity index (χ1n) is 8.69. The molecular weight excluding hydrogens is 414 g/mol. The first-order chi connectivity index (χ1) is 14.0. The van der Waals surface area contributed by atoms with Crippen molar-refractivity contribution >= 4 is 35.0 Å². The highest BCUT2D eigenvalue weighted by Gasteiger charge is 2.13. The molecule has 152 valence electrons. The Morgan fingerprint density at radius 3 is 2.72 bits per heavy atom. The fourth-order valence-corrected chi connectivity index (χ4v) is 3.38. The van der Waals surface area contributed by atoms with Gasteiger partial charge in [0.2, 0.25) is 17.6 Å². The quantitative estimate of drug-likeness (QED) is 0.556. The number of hydrogen-bond acceptors (Lipinski definition) is 7. The van der Waals surface area contributed by atoms with E-state index in [4.69, 9.17) is 25.6 Å². The van der Waals surface area contributed by atoms with Crippen molar-refractivity contribution in [2.45, 2.75) is 12.7 Å². The Kier molecular flexibility index (Phi) is 7.00. The molecule has 1 N–H and O–H groups in total. The molecule has 9 heteroatoms. The van der Waals surface area contributed by atoms with Crippen molar-refractivity contribution < 1.29 is 18.8 Å². The number of halogens is 1. The van der Waals surface area contributed by atoms with Crippen LogP contribution in [0.5, 0.6) is 11.5 Å². The molecule has 0 fully saturated rings. The summed E-state index contributed by atoms with van der Waals surface area (Å²) < 4.78 is 15.8. The molecule has 2 aromatic carbocycles.